The largest absolute Gasteiger partial charge is 0.461 e. The molecule has 0 aliphatic carbocycles. The van der Waals surface area contributed by atoms with Crippen LogP contribution in [-0.2, 0) is 29.3 Å². The van der Waals surface area contributed by atoms with E-state index in [9.17, 15) is 22.8 Å². The monoisotopic (exact) mass is 393 g/mol. The van der Waals surface area contributed by atoms with Gasteiger partial charge in [0.15, 0.2) is 0 Å². The first-order chi connectivity index (χ1) is 13.2. The molecule has 0 saturated heterocycles. The number of anilines is 1. The normalized spacial score (nSPS) is 11.6. The average molecular weight is 393 g/mol. The van der Waals surface area contributed by atoms with Crippen LogP contribution in [0.15, 0.2) is 42.6 Å². The second-order valence-corrected chi connectivity index (χ2v) is 6.16. The zero-order chi connectivity index (χ0) is 20.5. The average Bonchev–Trinajstić information content (AvgIpc) is 3.15. The summed E-state index contributed by atoms with van der Waals surface area (Å²) >= 11 is 0. The minimum absolute atomic E-state index is 0.0222. The lowest BCUT2D eigenvalue weighted by molar-refractivity contribution is -0.137. The quantitative estimate of drug-likeness (QED) is 0.671. The Morgan fingerprint density at radius 2 is 1.89 bits per heavy atom. The van der Waals surface area contributed by atoms with E-state index >= 15 is 0 Å². The number of esters is 1. The van der Waals surface area contributed by atoms with Crippen LogP contribution in [0.4, 0.5) is 18.9 Å². The van der Waals surface area contributed by atoms with Crippen molar-refractivity contribution in [2.75, 3.05) is 11.9 Å². The van der Waals surface area contributed by atoms with Gasteiger partial charge in [-0.3, -0.25) is 4.79 Å². The van der Waals surface area contributed by atoms with Gasteiger partial charge in [-0.1, -0.05) is 6.07 Å². The molecule has 3 aromatic rings. The molecule has 6 nitrogen and oxygen atoms in total. The van der Waals surface area contributed by atoms with Gasteiger partial charge in [-0.2, -0.15) is 13.2 Å². The van der Waals surface area contributed by atoms with E-state index in [-0.39, 0.29) is 24.5 Å². The summed E-state index contributed by atoms with van der Waals surface area (Å²) in [4.78, 5) is 24.7. The molecule has 148 valence electrons. The predicted octanol–water partition coefficient (Wildman–Crippen LogP) is 3.81. The number of benzene rings is 1. The van der Waals surface area contributed by atoms with Gasteiger partial charge in [-0.15, -0.1) is 0 Å². The number of ether oxygens (including phenoxy) is 1. The lowest BCUT2D eigenvalue weighted by atomic mass is 10.2. The summed E-state index contributed by atoms with van der Waals surface area (Å²) in [5.74, 6) is -1.14. The molecule has 9 heteroatoms. The van der Waals surface area contributed by atoms with E-state index in [4.69, 9.17) is 4.74 Å². The van der Waals surface area contributed by atoms with E-state index in [0.717, 1.165) is 17.6 Å². The highest BCUT2D eigenvalue weighted by atomic mass is 19.4. The van der Waals surface area contributed by atoms with Crippen LogP contribution in [0.25, 0.3) is 11.0 Å². The number of alkyl halides is 3. The van der Waals surface area contributed by atoms with Crippen LogP contribution in [-0.4, -0.2) is 27.6 Å². The fourth-order valence-corrected chi connectivity index (χ4v) is 2.93. The molecule has 28 heavy (non-hydrogen) atoms. The first-order valence-corrected chi connectivity index (χ1v) is 8.49. The number of aryl methyl sites for hydroxylation is 1. The molecule has 2 aromatic heterocycles. The highest BCUT2D eigenvalue weighted by Gasteiger charge is 2.30. The maximum absolute atomic E-state index is 12.8. The van der Waals surface area contributed by atoms with Gasteiger partial charge in [0.2, 0.25) is 5.91 Å². The summed E-state index contributed by atoms with van der Waals surface area (Å²) in [5.41, 5.74) is 0.736. The van der Waals surface area contributed by atoms with Crippen molar-refractivity contribution in [3.63, 3.8) is 0 Å². The number of amides is 1. The van der Waals surface area contributed by atoms with Crippen LogP contribution in [0, 0.1) is 0 Å². The molecule has 0 saturated carbocycles. The molecule has 1 N–H and O–H groups in total. The smallest absolute Gasteiger partial charge is 0.416 e. The molecule has 1 aromatic carbocycles. The predicted molar refractivity (Wildman–Crippen MR) is 96.9 cm³/mol. The van der Waals surface area contributed by atoms with E-state index in [0.29, 0.717) is 5.52 Å². The maximum atomic E-state index is 12.8. The van der Waals surface area contributed by atoms with Crippen molar-refractivity contribution < 1.29 is 27.5 Å². The topological polar surface area (TPSA) is 65.3 Å². The summed E-state index contributed by atoms with van der Waals surface area (Å²) in [7, 11) is 1.80. The van der Waals surface area contributed by atoms with Crippen LogP contribution in [0.5, 0.6) is 0 Å². The molecular weight excluding hydrogens is 375 g/mol. The third kappa shape index (κ3) is 3.88. The Labute approximate surface area is 158 Å². The molecule has 2 heterocycles. The summed E-state index contributed by atoms with van der Waals surface area (Å²) in [6, 6.07) is 7.73. The number of rotatable bonds is 5. The van der Waals surface area contributed by atoms with E-state index in [1.165, 1.54) is 16.7 Å². The first kappa shape index (κ1) is 19.5. The fraction of sp³-hybridized carbons (Fsp3) is 0.263. The molecule has 0 radical (unpaired) electrons. The number of hydrogen-bond donors (Lipinski definition) is 1. The number of carbonyl (C=O) groups is 2. The van der Waals surface area contributed by atoms with Gasteiger partial charge in [0.1, 0.15) is 12.2 Å². The van der Waals surface area contributed by atoms with E-state index in [2.05, 4.69) is 5.32 Å². The van der Waals surface area contributed by atoms with Crippen LogP contribution in [0.1, 0.15) is 23.0 Å². The Hall–Kier alpha value is -3.23. The minimum atomic E-state index is -4.51. The number of carbonyl (C=O) groups excluding carboxylic acids is 2. The number of nitrogens with zero attached hydrogens (tertiary/aromatic N) is 2. The van der Waals surface area contributed by atoms with Gasteiger partial charge < -0.3 is 19.2 Å². The highest BCUT2D eigenvalue weighted by molar-refractivity contribution is 5.97. The van der Waals surface area contributed by atoms with Gasteiger partial charge in [0, 0.05) is 18.9 Å². The summed E-state index contributed by atoms with van der Waals surface area (Å²) in [6.07, 6.45) is -2.73. The number of nitrogens with one attached hydrogen (secondary N) is 1. The summed E-state index contributed by atoms with van der Waals surface area (Å²) in [5, 5.41) is 2.44. The van der Waals surface area contributed by atoms with Gasteiger partial charge >= 0.3 is 12.1 Å². The number of halogens is 3. The van der Waals surface area contributed by atoms with Gasteiger partial charge in [0.25, 0.3) is 0 Å². The van der Waals surface area contributed by atoms with Crippen molar-refractivity contribution in [1.29, 1.82) is 0 Å². The Kier molecular flexibility index (Phi) is 5.17. The number of aromatic nitrogens is 2. The maximum Gasteiger partial charge on any atom is 0.416 e. The van der Waals surface area contributed by atoms with Crippen LogP contribution in [0.3, 0.4) is 0 Å². The standard InChI is InChI=1S/C19H18F3N3O3/c1-3-28-18(27)16-10-15-14(7-8-24(15)2)25(16)11-17(26)23-13-6-4-5-12(9-13)19(20,21)22/h4-10H,3,11H2,1-2H3,(H,23,26). The zero-order valence-electron chi connectivity index (χ0n) is 15.2. The fourth-order valence-electron chi connectivity index (χ4n) is 2.93. The molecule has 0 aliphatic rings. The zero-order valence-corrected chi connectivity index (χ0v) is 15.2. The second-order valence-electron chi connectivity index (χ2n) is 6.16. The second kappa shape index (κ2) is 7.41. The molecule has 0 fully saturated rings. The lowest BCUT2D eigenvalue weighted by Crippen LogP contribution is -2.22. The van der Waals surface area contributed by atoms with Gasteiger partial charge in [0.05, 0.1) is 23.2 Å². The summed E-state index contributed by atoms with van der Waals surface area (Å²) in [6.45, 7) is 1.60. The molecular formula is C19H18F3N3O3. The Bertz CT molecular complexity index is 1030. The van der Waals surface area contributed by atoms with Crippen LogP contribution >= 0.6 is 0 Å². The van der Waals surface area contributed by atoms with E-state index < -0.39 is 23.6 Å². The van der Waals surface area contributed by atoms with E-state index in [1.54, 1.807) is 36.9 Å². The molecule has 0 unspecified atom stereocenters. The minimum Gasteiger partial charge on any atom is -0.461 e. The van der Waals surface area contributed by atoms with Crippen LogP contribution in [0.2, 0.25) is 0 Å². The highest BCUT2D eigenvalue weighted by Crippen LogP contribution is 2.30. The SMILES string of the molecule is CCOC(=O)c1cc2c(ccn2C)n1CC(=O)Nc1cccc(C(F)(F)F)c1. The summed E-state index contributed by atoms with van der Waals surface area (Å²) < 4.78 is 46.8. The number of fused-ring (bicyclic) bond motifs is 1. The van der Waals surface area contributed by atoms with Crippen molar-refractivity contribution in [3.8, 4) is 0 Å². The Morgan fingerprint density at radius 1 is 1.14 bits per heavy atom. The van der Waals surface area contributed by atoms with Gasteiger partial charge in [-0.05, 0) is 37.3 Å². The Morgan fingerprint density at radius 3 is 2.57 bits per heavy atom. The third-order valence-electron chi connectivity index (χ3n) is 4.21. The number of hydrogen-bond acceptors (Lipinski definition) is 3. The third-order valence-corrected chi connectivity index (χ3v) is 4.21. The van der Waals surface area contributed by atoms with Crippen LogP contribution < -0.4 is 5.32 Å². The Balaban J connectivity index is 1.87. The van der Waals surface area contributed by atoms with Crippen molar-refractivity contribution in [3.05, 3.63) is 53.9 Å². The van der Waals surface area contributed by atoms with Crippen molar-refractivity contribution >= 4 is 28.6 Å². The van der Waals surface area contributed by atoms with Gasteiger partial charge in [-0.25, -0.2) is 4.79 Å². The molecule has 0 spiro atoms. The van der Waals surface area contributed by atoms with Crippen molar-refractivity contribution in [2.24, 2.45) is 7.05 Å². The molecule has 3 rings (SSSR count). The molecule has 0 aliphatic heterocycles. The van der Waals surface area contributed by atoms with Crippen molar-refractivity contribution in [2.45, 2.75) is 19.6 Å². The molecule has 0 atom stereocenters. The molecule has 0 bridgehead atoms. The molecule has 1 amide bonds. The van der Waals surface area contributed by atoms with Crippen molar-refractivity contribution in [1.82, 2.24) is 9.13 Å². The lowest BCUT2D eigenvalue weighted by Gasteiger charge is -2.12. The first-order valence-electron chi connectivity index (χ1n) is 8.49. The van der Waals surface area contributed by atoms with E-state index in [1.807, 2.05) is 0 Å².